The second-order valence-corrected chi connectivity index (χ2v) is 6.88. The molecule has 0 aliphatic rings. The summed E-state index contributed by atoms with van der Waals surface area (Å²) in [7, 11) is 0. The Morgan fingerprint density at radius 2 is 1.79 bits per heavy atom. The van der Waals surface area contributed by atoms with E-state index in [1.54, 1.807) is 36.4 Å². The van der Waals surface area contributed by atoms with E-state index < -0.39 is 10.8 Å². The van der Waals surface area contributed by atoms with Crippen LogP contribution >= 0.6 is 0 Å². The van der Waals surface area contributed by atoms with Gasteiger partial charge in [0.1, 0.15) is 0 Å². The van der Waals surface area contributed by atoms with Gasteiger partial charge in [0.15, 0.2) is 5.69 Å². The lowest BCUT2D eigenvalue weighted by atomic mass is 10.1. The first-order valence-corrected chi connectivity index (χ1v) is 8.88. The predicted octanol–water partition coefficient (Wildman–Crippen LogP) is 2.89. The van der Waals surface area contributed by atoms with Gasteiger partial charge in [-0.05, 0) is 17.5 Å². The van der Waals surface area contributed by atoms with Gasteiger partial charge >= 0.3 is 0 Å². The monoisotopic (exact) mass is 380 g/mol. The van der Waals surface area contributed by atoms with Crippen molar-refractivity contribution in [2.75, 3.05) is 0 Å². The summed E-state index contributed by atoms with van der Waals surface area (Å²) in [5.41, 5.74) is 0.663. The molecule has 0 radical (unpaired) electrons. The summed E-state index contributed by atoms with van der Waals surface area (Å²) in [6.07, 6.45) is 0. The maximum atomic E-state index is 12.8. The Bertz CT molecular complexity index is 1090. The molecular weight excluding hydrogens is 360 g/mol. The van der Waals surface area contributed by atoms with Gasteiger partial charge in [-0.3, -0.25) is 19.7 Å². The van der Waals surface area contributed by atoms with Crippen molar-refractivity contribution in [3.8, 4) is 0 Å². The quantitative estimate of drug-likeness (QED) is 0.523. The molecular formula is C20H20N4O4. The minimum absolute atomic E-state index is 0.0106. The maximum absolute atomic E-state index is 12.8. The van der Waals surface area contributed by atoms with Gasteiger partial charge in [-0.1, -0.05) is 44.2 Å². The minimum atomic E-state index is -0.476. The van der Waals surface area contributed by atoms with E-state index in [9.17, 15) is 19.7 Å². The van der Waals surface area contributed by atoms with Gasteiger partial charge in [0.05, 0.1) is 10.3 Å². The van der Waals surface area contributed by atoms with Crippen LogP contribution < -0.4 is 10.9 Å². The van der Waals surface area contributed by atoms with Gasteiger partial charge in [-0.2, -0.15) is 5.10 Å². The molecule has 0 saturated carbocycles. The summed E-state index contributed by atoms with van der Waals surface area (Å²) >= 11 is 0. The molecule has 1 aromatic heterocycles. The third-order valence-electron chi connectivity index (χ3n) is 4.22. The highest BCUT2D eigenvalue weighted by Gasteiger charge is 2.17. The summed E-state index contributed by atoms with van der Waals surface area (Å²) in [4.78, 5) is 35.6. The summed E-state index contributed by atoms with van der Waals surface area (Å²) in [5.74, 6) is -0.213. The minimum Gasteiger partial charge on any atom is -0.347 e. The second kappa shape index (κ2) is 7.99. The number of nitro groups is 1. The Morgan fingerprint density at radius 3 is 2.39 bits per heavy atom. The zero-order valence-electron chi connectivity index (χ0n) is 15.6. The maximum Gasteiger partial charge on any atom is 0.274 e. The summed E-state index contributed by atoms with van der Waals surface area (Å²) in [6, 6.07) is 12.8. The van der Waals surface area contributed by atoms with Crippen LogP contribution in [0, 0.1) is 16.0 Å². The molecule has 0 saturated heterocycles. The van der Waals surface area contributed by atoms with E-state index in [1.807, 2.05) is 13.8 Å². The van der Waals surface area contributed by atoms with Crippen molar-refractivity contribution in [2.45, 2.75) is 26.9 Å². The Balaban J connectivity index is 1.89. The molecule has 0 fully saturated rings. The number of benzene rings is 2. The van der Waals surface area contributed by atoms with Gasteiger partial charge in [0.25, 0.3) is 17.2 Å². The van der Waals surface area contributed by atoms with Crippen molar-refractivity contribution in [3.63, 3.8) is 0 Å². The van der Waals surface area contributed by atoms with E-state index in [-0.39, 0.29) is 29.4 Å². The van der Waals surface area contributed by atoms with Crippen molar-refractivity contribution >= 4 is 22.4 Å². The number of amides is 1. The Morgan fingerprint density at radius 1 is 1.14 bits per heavy atom. The summed E-state index contributed by atoms with van der Waals surface area (Å²) in [6.45, 7) is 4.54. The highest BCUT2D eigenvalue weighted by molar-refractivity contribution is 6.04. The third-order valence-corrected chi connectivity index (χ3v) is 4.22. The van der Waals surface area contributed by atoms with Crippen molar-refractivity contribution in [3.05, 3.63) is 80.3 Å². The first-order valence-electron chi connectivity index (χ1n) is 8.88. The molecule has 0 aliphatic heterocycles. The van der Waals surface area contributed by atoms with Crippen LogP contribution in [0.5, 0.6) is 0 Å². The van der Waals surface area contributed by atoms with Crippen molar-refractivity contribution in [2.24, 2.45) is 5.92 Å². The predicted molar refractivity (Wildman–Crippen MR) is 105 cm³/mol. The number of hydrogen-bond acceptors (Lipinski definition) is 5. The number of rotatable bonds is 6. The van der Waals surface area contributed by atoms with Gasteiger partial charge in [0.2, 0.25) is 0 Å². The molecule has 0 unspecified atom stereocenters. The van der Waals surface area contributed by atoms with E-state index >= 15 is 0 Å². The van der Waals surface area contributed by atoms with Crippen LogP contribution in [0.25, 0.3) is 10.8 Å². The SMILES string of the molecule is CC(C)Cn1nc(C(=O)NCc2ccc([N+](=O)[O-])cc2)c2ccccc2c1=O. The van der Waals surface area contributed by atoms with Gasteiger partial charge in [0, 0.05) is 30.6 Å². The Kier molecular flexibility index (Phi) is 5.49. The molecule has 1 amide bonds. The smallest absolute Gasteiger partial charge is 0.274 e. The number of nitro benzene ring substituents is 1. The normalized spacial score (nSPS) is 11.0. The van der Waals surface area contributed by atoms with Crippen molar-refractivity contribution < 1.29 is 9.72 Å². The summed E-state index contributed by atoms with van der Waals surface area (Å²) < 4.78 is 1.33. The zero-order valence-corrected chi connectivity index (χ0v) is 15.6. The third kappa shape index (κ3) is 4.06. The van der Waals surface area contributed by atoms with Crippen LogP contribution in [-0.4, -0.2) is 20.6 Å². The van der Waals surface area contributed by atoms with E-state index in [4.69, 9.17) is 0 Å². The number of hydrogen-bond donors (Lipinski definition) is 1. The standard InChI is InChI=1S/C20H20N4O4/c1-13(2)12-23-20(26)17-6-4-3-5-16(17)18(22-23)19(25)21-11-14-7-9-15(10-8-14)24(27)28/h3-10,13H,11-12H2,1-2H3,(H,21,25). The van der Waals surface area contributed by atoms with Gasteiger partial charge in [-0.15, -0.1) is 0 Å². The molecule has 8 nitrogen and oxygen atoms in total. The van der Waals surface area contributed by atoms with Crippen LogP contribution in [0.3, 0.4) is 0 Å². The molecule has 28 heavy (non-hydrogen) atoms. The molecule has 0 spiro atoms. The van der Waals surface area contributed by atoms with Crippen LogP contribution in [0.2, 0.25) is 0 Å². The van der Waals surface area contributed by atoms with Crippen LogP contribution in [0.1, 0.15) is 29.9 Å². The Labute approximate surface area is 161 Å². The highest BCUT2D eigenvalue weighted by Crippen LogP contribution is 2.15. The fourth-order valence-corrected chi connectivity index (χ4v) is 2.87. The van der Waals surface area contributed by atoms with Crippen molar-refractivity contribution in [1.29, 1.82) is 0 Å². The number of nitrogens with zero attached hydrogens (tertiary/aromatic N) is 3. The molecule has 1 heterocycles. The average molecular weight is 380 g/mol. The molecule has 8 heteroatoms. The zero-order chi connectivity index (χ0) is 20.3. The van der Waals surface area contributed by atoms with Gasteiger partial charge < -0.3 is 5.32 Å². The van der Waals surface area contributed by atoms with Crippen LogP contribution in [0.4, 0.5) is 5.69 Å². The lowest BCUT2D eigenvalue weighted by molar-refractivity contribution is -0.384. The number of non-ortho nitro benzene ring substituents is 1. The molecule has 144 valence electrons. The number of carbonyl (C=O) groups is 1. The number of carbonyl (C=O) groups excluding carboxylic acids is 1. The molecule has 0 atom stereocenters. The molecule has 2 aromatic carbocycles. The molecule has 3 aromatic rings. The number of aromatic nitrogens is 2. The molecule has 1 N–H and O–H groups in total. The first-order chi connectivity index (χ1) is 13.4. The topological polar surface area (TPSA) is 107 Å². The van der Waals surface area contributed by atoms with Crippen LogP contribution in [0.15, 0.2) is 53.3 Å². The lowest BCUT2D eigenvalue weighted by Crippen LogP contribution is -2.31. The largest absolute Gasteiger partial charge is 0.347 e. The number of fused-ring (bicyclic) bond motifs is 1. The molecule has 3 rings (SSSR count). The van der Waals surface area contributed by atoms with E-state index in [1.165, 1.54) is 16.8 Å². The van der Waals surface area contributed by atoms with Crippen molar-refractivity contribution in [1.82, 2.24) is 15.1 Å². The van der Waals surface area contributed by atoms with Crippen LogP contribution in [-0.2, 0) is 13.1 Å². The van der Waals surface area contributed by atoms with E-state index in [0.717, 1.165) is 5.56 Å². The Hall–Kier alpha value is -3.55. The second-order valence-electron chi connectivity index (χ2n) is 6.88. The fourth-order valence-electron chi connectivity index (χ4n) is 2.87. The summed E-state index contributed by atoms with van der Waals surface area (Å²) in [5, 5.41) is 18.7. The van der Waals surface area contributed by atoms with E-state index in [0.29, 0.717) is 17.3 Å². The van der Waals surface area contributed by atoms with E-state index in [2.05, 4.69) is 10.4 Å². The first kappa shape index (κ1) is 19.2. The fraction of sp³-hybridized carbons (Fsp3) is 0.250. The molecule has 0 bridgehead atoms. The highest BCUT2D eigenvalue weighted by atomic mass is 16.6. The number of nitrogens with one attached hydrogen (secondary N) is 1. The molecule has 0 aliphatic carbocycles. The van der Waals surface area contributed by atoms with Gasteiger partial charge in [-0.25, -0.2) is 4.68 Å². The average Bonchev–Trinajstić information content (AvgIpc) is 2.68. The lowest BCUT2D eigenvalue weighted by Gasteiger charge is -2.12.